The van der Waals surface area contributed by atoms with Crippen molar-refractivity contribution in [3.63, 3.8) is 0 Å². The first-order valence-electron chi connectivity index (χ1n) is 7.66. The van der Waals surface area contributed by atoms with Crippen LogP contribution in [-0.2, 0) is 4.79 Å². The van der Waals surface area contributed by atoms with Crippen molar-refractivity contribution in [2.75, 3.05) is 19.6 Å². The van der Waals surface area contributed by atoms with Crippen molar-refractivity contribution in [3.05, 3.63) is 38.9 Å². The lowest BCUT2D eigenvalue weighted by Gasteiger charge is -2.35. The molecule has 0 radical (unpaired) electrons. The Morgan fingerprint density at radius 2 is 2.12 bits per heavy atom. The van der Waals surface area contributed by atoms with Crippen LogP contribution in [0.5, 0.6) is 0 Å². The minimum atomic E-state index is -0.748. The lowest BCUT2D eigenvalue weighted by Crippen LogP contribution is -2.50. The first-order valence-corrected chi connectivity index (χ1v) is 8.04. The van der Waals surface area contributed by atoms with Crippen LogP contribution in [0.2, 0.25) is 5.02 Å². The van der Waals surface area contributed by atoms with Gasteiger partial charge in [0.25, 0.3) is 11.6 Å². The van der Waals surface area contributed by atoms with Crippen molar-refractivity contribution in [1.82, 2.24) is 10.2 Å². The van der Waals surface area contributed by atoms with Crippen LogP contribution >= 0.6 is 24.0 Å². The molecule has 1 aromatic carbocycles. The minimum absolute atomic E-state index is 0. The molecule has 8 nitrogen and oxygen atoms in total. The third-order valence-electron chi connectivity index (χ3n) is 4.04. The van der Waals surface area contributed by atoms with Crippen LogP contribution in [0.15, 0.2) is 18.2 Å². The molecule has 1 fully saturated rings. The number of nitrogens with two attached hydrogens (primary N) is 1. The van der Waals surface area contributed by atoms with Crippen LogP contribution < -0.4 is 11.1 Å². The second-order valence-electron chi connectivity index (χ2n) is 5.55. The first-order chi connectivity index (χ1) is 11.5. The Morgan fingerprint density at radius 3 is 2.76 bits per heavy atom. The topological polar surface area (TPSA) is 119 Å². The van der Waals surface area contributed by atoms with E-state index in [-0.39, 0.29) is 41.5 Å². The third-order valence-corrected chi connectivity index (χ3v) is 4.35. The van der Waals surface area contributed by atoms with E-state index in [9.17, 15) is 19.7 Å². The van der Waals surface area contributed by atoms with Crippen LogP contribution in [0.1, 0.15) is 29.6 Å². The highest BCUT2D eigenvalue weighted by Gasteiger charge is 2.27. The quantitative estimate of drug-likeness (QED) is 0.586. The number of halogens is 2. The van der Waals surface area contributed by atoms with Crippen LogP contribution in [0, 0.1) is 10.1 Å². The van der Waals surface area contributed by atoms with Gasteiger partial charge in [0.15, 0.2) is 0 Å². The molecule has 0 bridgehead atoms. The molecule has 25 heavy (non-hydrogen) atoms. The number of hydrogen-bond acceptors (Lipinski definition) is 5. The number of nitro benzene ring substituents is 1. The van der Waals surface area contributed by atoms with E-state index in [1.807, 2.05) is 0 Å². The molecule has 10 heteroatoms. The SMILES string of the molecule is Cl.NCC1CCCCN1C(=O)CNC(=O)c1c(Cl)cccc1[N+](=O)[O-]. The second-order valence-corrected chi connectivity index (χ2v) is 5.95. The smallest absolute Gasteiger partial charge is 0.283 e. The maximum atomic E-state index is 12.3. The summed E-state index contributed by atoms with van der Waals surface area (Å²) in [5, 5.41) is 13.4. The van der Waals surface area contributed by atoms with Crippen molar-refractivity contribution in [2.45, 2.75) is 25.3 Å². The molecule has 1 aliphatic rings. The van der Waals surface area contributed by atoms with Gasteiger partial charge < -0.3 is 16.0 Å². The summed E-state index contributed by atoms with van der Waals surface area (Å²) in [6.07, 6.45) is 2.75. The monoisotopic (exact) mass is 390 g/mol. The molecule has 0 spiro atoms. The maximum absolute atomic E-state index is 12.3. The lowest BCUT2D eigenvalue weighted by molar-refractivity contribution is -0.385. The molecule has 2 amide bonds. The molecular weight excluding hydrogens is 371 g/mol. The van der Waals surface area contributed by atoms with Gasteiger partial charge in [-0.25, -0.2) is 0 Å². The van der Waals surface area contributed by atoms with Gasteiger partial charge in [0, 0.05) is 25.2 Å². The molecule has 1 unspecified atom stereocenters. The Balaban J connectivity index is 0.00000312. The normalized spacial score (nSPS) is 16.7. The predicted molar refractivity (Wildman–Crippen MR) is 96.1 cm³/mol. The standard InChI is InChI=1S/C15H19ClN4O4.ClH/c16-11-5-3-6-12(20(23)24)14(11)15(22)18-9-13(21)19-7-2-1-4-10(19)8-17;/h3,5-6,10H,1-2,4,7-9,17H2,(H,18,22);1H. The summed E-state index contributed by atoms with van der Waals surface area (Å²) >= 11 is 5.90. The molecule has 1 aliphatic heterocycles. The Morgan fingerprint density at radius 1 is 1.40 bits per heavy atom. The van der Waals surface area contributed by atoms with E-state index in [0.717, 1.165) is 19.3 Å². The Labute approximate surface area is 156 Å². The molecule has 1 aromatic rings. The number of nitrogens with zero attached hydrogens (tertiary/aromatic N) is 2. The molecule has 0 aliphatic carbocycles. The van der Waals surface area contributed by atoms with E-state index < -0.39 is 16.5 Å². The number of piperidine rings is 1. The lowest BCUT2D eigenvalue weighted by atomic mass is 10.0. The molecule has 1 atom stereocenters. The fourth-order valence-electron chi connectivity index (χ4n) is 2.81. The van der Waals surface area contributed by atoms with Crippen molar-refractivity contribution in [3.8, 4) is 0 Å². The first kappa shape index (κ1) is 21.1. The van der Waals surface area contributed by atoms with Crippen LogP contribution in [-0.4, -0.2) is 47.3 Å². The maximum Gasteiger partial charge on any atom is 0.283 e. The molecule has 138 valence electrons. The number of carbonyl (C=O) groups is 2. The number of rotatable bonds is 5. The van der Waals surface area contributed by atoms with Crippen molar-refractivity contribution in [2.24, 2.45) is 5.73 Å². The molecule has 0 saturated carbocycles. The number of likely N-dealkylation sites (tertiary alicyclic amines) is 1. The molecular formula is C15H20Cl2N4O4. The average Bonchev–Trinajstić information content (AvgIpc) is 2.58. The summed E-state index contributed by atoms with van der Waals surface area (Å²) in [6, 6.07) is 3.94. The van der Waals surface area contributed by atoms with Crippen molar-refractivity contribution >= 4 is 41.5 Å². The Hall–Kier alpha value is -1.90. The van der Waals surface area contributed by atoms with Gasteiger partial charge >= 0.3 is 0 Å². The van der Waals surface area contributed by atoms with Gasteiger partial charge in [-0.15, -0.1) is 12.4 Å². The molecule has 1 heterocycles. The van der Waals surface area contributed by atoms with E-state index in [2.05, 4.69) is 5.32 Å². The zero-order valence-corrected chi connectivity index (χ0v) is 15.0. The summed E-state index contributed by atoms with van der Waals surface area (Å²) in [5.74, 6) is -1.00. The molecule has 0 aromatic heterocycles. The molecule has 1 saturated heterocycles. The van der Waals surface area contributed by atoms with Crippen molar-refractivity contribution < 1.29 is 14.5 Å². The number of carbonyl (C=O) groups excluding carboxylic acids is 2. The molecule has 3 N–H and O–H groups in total. The van der Waals surface area contributed by atoms with E-state index in [1.165, 1.54) is 18.2 Å². The Kier molecular flexibility index (Phi) is 8.08. The van der Waals surface area contributed by atoms with E-state index >= 15 is 0 Å². The van der Waals surface area contributed by atoms with Gasteiger partial charge in [0.2, 0.25) is 5.91 Å². The summed E-state index contributed by atoms with van der Waals surface area (Å²) in [6.45, 7) is 0.718. The predicted octanol–water partition coefficient (Wildman–Crippen LogP) is 1.74. The van der Waals surface area contributed by atoms with Crippen molar-refractivity contribution in [1.29, 1.82) is 0 Å². The van der Waals surface area contributed by atoms with Gasteiger partial charge in [-0.1, -0.05) is 17.7 Å². The fourth-order valence-corrected chi connectivity index (χ4v) is 3.06. The van der Waals surface area contributed by atoms with Crippen LogP contribution in [0.3, 0.4) is 0 Å². The fraction of sp³-hybridized carbons (Fsp3) is 0.467. The summed E-state index contributed by atoms with van der Waals surface area (Å²) in [4.78, 5) is 36.5. The van der Waals surface area contributed by atoms with Crippen LogP contribution in [0.25, 0.3) is 0 Å². The third kappa shape index (κ3) is 5.04. The number of nitro groups is 1. The van der Waals surface area contributed by atoms with Gasteiger partial charge in [-0.05, 0) is 25.3 Å². The largest absolute Gasteiger partial charge is 0.343 e. The number of hydrogen-bond donors (Lipinski definition) is 2. The molecule has 2 rings (SSSR count). The van der Waals surface area contributed by atoms with E-state index in [0.29, 0.717) is 13.1 Å². The highest BCUT2D eigenvalue weighted by molar-refractivity contribution is 6.34. The second kappa shape index (κ2) is 9.55. The highest BCUT2D eigenvalue weighted by atomic mass is 35.5. The zero-order chi connectivity index (χ0) is 17.7. The van der Waals surface area contributed by atoms with Gasteiger partial charge in [0.1, 0.15) is 5.56 Å². The van der Waals surface area contributed by atoms with E-state index in [1.54, 1.807) is 4.90 Å². The number of benzene rings is 1. The van der Waals surface area contributed by atoms with E-state index in [4.69, 9.17) is 17.3 Å². The van der Waals surface area contributed by atoms with Crippen LogP contribution in [0.4, 0.5) is 5.69 Å². The summed E-state index contributed by atoms with van der Waals surface area (Å²) < 4.78 is 0. The minimum Gasteiger partial charge on any atom is -0.343 e. The summed E-state index contributed by atoms with van der Waals surface area (Å²) in [7, 11) is 0. The van der Waals surface area contributed by atoms with Gasteiger partial charge in [0.05, 0.1) is 16.5 Å². The zero-order valence-electron chi connectivity index (χ0n) is 13.4. The average molecular weight is 391 g/mol. The summed E-state index contributed by atoms with van der Waals surface area (Å²) in [5.41, 5.74) is 5.04. The highest BCUT2D eigenvalue weighted by Crippen LogP contribution is 2.26. The van der Waals surface area contributed by atoms with Gasteiger partial charge in [-0.3, -0.25) is 19.7 Å². The van der Waals surface area contributed by atoms with Gasteiger partial charge in [-0.2, -0.15) is 0 Å². The number of nitrogens with one attached hydrogen (secondary N) is 1. The number of amides is 2. The Bertz CT molecular complexity index is 656.